The SMILES string of the molecule is CCCCCCCCC=CCCCCCCCCOCC(CN1CCOCC1)OCCOC(=O)O[C@H]1CC[C@@]2(C)C(=CC[C@H]3[C@@H]4CC[C@H]([C@H](C)CCCC(C)C)[C@@]4(C)CC[C@@H]32)C1. The molecule has 0 radical (unpaired) electrons. The molecule has 1 aliphatic heterocycles. The van der Waals surface area contributed by atoms with Gasteiger partial charge in [-0.3, -0.25) is 4.90 Å². The minimum Gasteiger partial charge on any atom is -0.432 e. The summed E-state index contributed by atoms with van der Waals surface area (Å²) in [7, 11) is 0. The van der Waals surface area contributed by atoms with E-state index in [9.17, 15) is 4.79 Å². The van der Waals surface area contributed by atoms with Crippen LogP contribution < -0.4 is 0 Å². The Hall–Kier alpha value is -1.41. The van der Waals surface area contributed by atoms with Crippen molar-refractivity contribution < 1.29 is 28.5 Å². The predicted molar refractivity (Wildman–Crippen MR) is 257 cm³/mol. The summed E-state index contributed by atoms with van der Waals surface area (Å²) in [4.78, 5) is 15.4. The molecule has 7 nitrogen and oxygen atoms in total. The van der Waals surface area contributed by atoms with Gasteiger partial charge in [-0.2, -0.15) is 0 Å². The van der Waals surface area contributed by atoms with Gasteiger partial charge in [0.15, 0.2) is 0 Å². The Bertz CT molecular complexity index is 1290. The quantitative estimate of drug-likeness (QED) is 0.0405. The minimum absolute atomic E-state index is 0.0641. The van der Waals surface area contributed by atoms with Crippen molar-refractivity contribution in [2.75, 3.05) is 59.3 Å². The molecule has 5 rings (SSSR count). The zero-order valence-electron chi connectivity index (χ0n) is 41.3. The zero-order valence-corrected chi connectivity index (χ0v) is 41.3. The second-order valence-corrected chi connectivity index (χ2v) is 21.8. The molecule has 358 valence electrons. The highest BCUT2D eigenvalue weighted by Crippen LogP contribution is 2.67. The number of carbonyl (C=O) groups excluding carboxylic acids is 1. The highest BCUT2D eigenvalue weighted by Gasteiger charge is 2.59. The third-order valence-electron chi connectivity index (χ3n) is 16.8. The highest BCUT2D eigenvalue weighted by atomic mass is 16.7. The van der Waals surface area contributed by atoms with Crippen molar-refractivity contribution in [1.82, 2.24) is 4.90 Å². The molecule has 9 atom stereocenters. The van der Waals surface area contributed by atoms with Crippen LogP contribution in [0.4, 0.5) is 4.79 Å². The average molecular weight is 868 g/mol. The first kappa shape index (κ1) is 51.6. The van der Waals surface area contributed by atoms with Gasteiger partial charge in [0.2, 0.25) is 0 Å². The normalized spacial score (nSPS) is 29.9. The molecule has 4 fully saturated rings. The Kier molecular flexibility index (Phi) is 23.2. The second kappa shape index (κ2) is 27.9. The van der Waals surface area contributed by atoms with E-state index < -0.39 is 6.16 Å². The third-order valence-corrected chi connectivity index (χ3v) is 16.8. The maximum Gasteiger partial charge on any atom is 0.508 e. The first-order chi connectivity index (χ1) is 30.1. The molecule has 0 aromatic heterocycles. The number of hydrogen-bond donors (Lipinski definition) is 0. The van der Waals surface area contributed by atoms with Gasteiger partial charge in [-0.1, -0.05) is 142 Å². The molecular weight excluding hydrogens is 771 g/mol. The van der Waals surface area contributed by atoms with E-state index >= 15 is 0 Å². The lowest BCUT2D eigenvalue weighted by Crippen LogP contribution is -2.51. The number of nitrogens with zero attached hydrogens (tertiary/aromatic N) is 1. The van der Waals surface area contributed by atoms with Gasteiger partial charge in [0.05, 0.1) is 32.5 Å². The fraction of sp³-hybridized carbons (Fsp3) is 0.909. The summed E-state index contributed by atoms with van der Waals surface area (Å²) in [6.07, 6.45) is 38.9. The van der Waals surface area contributed by atoms with Crippen molar-refractivity contribution in [1.29, 1.82) is 0 Å². The standard InChI is InChI=1S/C55H97NO6/c1-7-8-9-10-11-12-13-14-15-16-17-18-19-20-21-22-36-59-43-48(42-56-34-37-58-38-35-56)60-39-40-61-53(57)62-47-30-32-54(5)46(41-47)26-27-49-51-29-28-50(45(4)25-23-24-44(2)3)55(51,6)33-31-52(49)54/h14-15,26,44-45,47-52H,7-13,16-25,27-43H2,1-6H3/t45-,47+,48?,49+,50-,51+,52+,54+,55-/m1/s1. The molecule has 3 saturated carbocycles. The van der Waals surface area contributed by atoms with Crippen molar-refractivity contribution in [3.63, 3.8) is 0 Å². The summed E-state index contributed by atoms with van der Waals surface area (Å²) >= 11 is 0. The summed E-state index contributed by atoms with van der Waals surface area (Å²) in [5, 5.41) is 0. The number of ether oxygens (including phenoxy) is 5. The van der Waals surface area contributed by atoms with E-state index in [-0.39, 0.29) is 24.2 Å². The maximum atomic E-state index is 13.0. The van der Waals surface area contributed by atoms with Gasteiger partial charge in [0.25, 0.3) is 0 Å². The van der Waals surface area contributed by atoms with Gasteiger partial charge in [0, 0.05) is 32.7 Å². The average Bonchev–Trinajstić information content (AvgIpc) is 3.62. The maximum absolute atomic E-state index is 13.0. The minimum atomic E-state index is -0.551. The van der Waals surface area contributed by atoms with Gasteiger partial charge in [-0.15, -0.1) is 0 Å². The van der Waals surface area contributed by atoms with Gasteiger partial charge in [-0.05, 0) is 123 Å². The van der Waals surface area contributed by atoms with E-state index in [1.807, 2.05) is 0 Å². The Morgan fingerprint density at radius 1 is 0.806 bits per heavy atom. The Labute approximate surface area is 382 Å². The van der Waals surface area contributed by atoms with E-state index in [4.69, 9.17) is 23.7 Å². The molecule has 0 aromatic rings. The van der Waals surface area contributed by atoms with Crippen LogP contribution in [0, 0.1) is 46.3 Å². The molecule has 0 bridgehead atoms. The summed E-state index contributed by atoms with van der Waals surface area (Å²) in [5.74, 6) is 4.99. The number of hydrogen-bond acceptors (Lipinski definition) is 7. The van der Waals surface area contributed by atoms with E-state index in [1.165, 1.54) is 135 Å². The van der Waals surface area contributed by atoms with Crippen LogP contribution >= 0.6 is 0 Å². The lowest BCUT2D eigenvalue weighted by Gasteiger charge is -2.58. The molecule has 7 heteroatoms. The summed E-state index contributed by atoms with van der Waals surface area (Å²) in [6, 6.07) is 0. The fourth-order valence-corrected chi connectivity index (χ4v) is 13.2. The largest absolute Gasteiger partial charge is 0.508 e. The van der Waals surface area contributed by atoms with Crippen LogP contribution in [0.2, 0.25) is 0 Å². The first-order valence-electron chi connectivity index (χ1n) is 26.8. The topological polar surface area (TPSA) is 66.5 Å². The van der Waals surface area contributed by atoms with Crippen molar-refractivity contribution in [2.24, 2.45) is 46.3 Å². The Morgan fingerprint density at radius 3 is 2.24 bits per heavy atom. The second-order valence-electron chi connectivity index (χ2n) is 21.8. The molecule has 5 aliphatic rings. The lowest BCUT2D eigenvalue weighted by atomic mass is 9.47. The van der Waals surface area contributed by atoms with E-state index in [0.29, 0.717) is 18.6 Å². The van der Waals surface area contributed by atoms with Crippen LogP contribution in [-0.4, -0.2) is 82.5 Å². The monoisotopic (exact) mass is 868 g/mol. The predicted octanol–water partition coefficient (Wildman–Crippen LogP) is 14.3. The van der Waals surface area contributed by atoms with Crippen LogP contribution in [0.1, 0.15) is 202 Å². The summed E-state index contributed by atoms with van der Waals surface area (Å²) in [6.45, 7) is 20.8. The van der Waals surface area contributed by atoms with Gasteiger partial charge in [0.1, 0.15) is 12.7 Å². The number of morpholine rings is 1. The van der Waals surface area contributed by atoms with Crippen LogP contribution in [0.3, 0.4) is 0 Å². The molecule has 0 amide bonds. The fourth-order valence-electron chi connectivity index (χ4n) is 13.2. The zero-order chi connectivity index (χ0) is 44.0. The van der Waals surface area contributed by atoms with Gasteiger partial charge in [-0.25, -0.2) is 4.79 Å². The first-order valence-corrected chi connectivity index (χ1v) is 26.8. The molecule has 0 aromatic carbocycles. The van der Waals surface area contributed by atoms with Crippen molar-refractivity contribution in [3.8, 4) is 0 Å². The number of fused-ring (bicyclic) bond motifs is 5. The van der Waals surface area contributed by atoms with Crippen LogP contribution in [0.5, 0.6) is 0 Å². The number of unbranched alkanes of at least 4 members (excludes halogenated alkanes) is 12. The summed E-state index contributed by atoms with van der Waals surface area (Å²) < 4.78 is 29.6. The van der Waals surface area contributed by atoms with E-state index in [0.717, 1.165) is 101 Å². The molecular formula is C55H97NO6. The molecule has 1 saturated heterocycles. The lowest BCUT2D eigenvalue weighted by molar-refractivity contribution is -0.0696. The molecule has 4 aliphatic carbocycles. The van der Waals surface area contributed by atoms with Gasteiger partial charge < -0.3 is 23.7 Å². The molecule has 1 unspecified atom stereocenters. The third kappa shape index (κ3) is 16.2. The van der Waals surface area contributed by atoms with E-state index in [1.54, 1.807) is 5.57 Å². The highest BCUT2D eigenvalue weighted by molar-refractivity contribution is 5.60. The molecule has 1 heterocycles. The van der Waals surface area contributed by atoms with Crippen molar-refractivity contribution >= 4 is 6.16 Å². The van der Waals surface area contributed by atoms with Crippen LogP contribution in [0.15, 0.2) is 23.8 Å². The van der Waals surface area contributed by atoms with Crippen molar-refractivity contribution in [2.45, 2.75) is 214 Å². The Balaban J connectivity index is 0.944. The summed E-state index contributed by atoms with van der Waals surface area (Å²) in [5.41, 5.74) is 2.30. The number of allylic oxidation sites excluding steroid dienone is 3. The van der Waals surface area contributed by atoms with E-state index in [2.05, 4.69) is 64.7 Å². The number of carbonyl (C=O) groups is 1. The van der Waals surface area contributed by atoms with Crippen LogP contribution in [0.25, 0.3) is 0 Å². The van der Waals surface area contributed by atoms with Crippen LogP contribution in [-0.2, 0) is 23.7 Å². The molecule has 62 heavy (non-hydrogen) atoms. The smallest absolute Gasteiger partial charge is 0.432 e. The molecule has 0 N–H and O–H groups in total. The number of rotatable bonds is 30. The molecule has 0 spiro atoms. The van der Waals surface area contributed by atoms with Gasteiger partial charge >= 0.3 is 6.16 Å². The van der Waals surface area contributed by atoms with Crippen molar-refractivity contribution in [3.05, 3.63) is 23.8 Å². The Morgan fingerprint density at radius 2 is 1.52 bits per heavy atom.